The zero-order valence-corrected chi connectivity index (χ0v) is 23.4. The quantitative estimate of drug-likeness (QED) is 0.192. The lowest BCUT2D eigenvalue weighted by Crippen LogP contribution is -2.43. The summed E-state index contributed by atoms with van der Waals surface area (Å²) in [6.07, 6.45) is -5.16. The molecule has 8 atom stereocenters. The van der Waals surface area contributed by atoms with Crippen molar-refractivity contribution in [2.45, 2.75) is 49.5 Å². The molecular weight excluding hydrogens is 620 g/mol. The van der Waals surface area contributed by atoms with Crippen LogP contribution >= 0.6 is 7.82 Å². The maximum atomic E-state index is 15.8. The first-order valence-corrected chi connectivity index (χ1v) is 15.5. The van der Waals surface area contributed by atoms with Crippen molar-refractivity contribution >= 4 is 52.1 Å². The highest BCUT2D eigenvalue weighted by molar-refractivity contribution is 7.84. The second-order valence-corrected chi connectivity index (χ2v) is 12.6. The number of nitrogens with zero attached hydrogens (tertiary/aromatic N) is 8. The molecule has 7 rings (SSSR count). The molecule has 0 radical (unpaired) electrons. The normalized spacial score (nSPS) is 34.9. The Morgan fingerprint density at radius 3 is 2.30 bits per heavy atom. The highest BCUT2D eigenvalue weighted by Gasteiger charge is 2.52. The zero-order valence-electron chi connectivity index (χ0n) is 21.7. The first-order chi connectivity index (χ1) is 20.5. The van der Waals surface area contributed by atoms with Gasteiger partial charge in [-0.15, -0.1) is 0 Å². The summed E-state index contributed by atoms with van der Waals surface area (Å²) in [4.78, 5) is 34.7. The van der Waals surface area contributed by atoms with E-state index in [0.717, 1.165) is 6.33 Å². The number of alkyl halides is 1. The number of rotatable bonds is 2. The van der Waals surface area contributed by atoms with Gasteiger partial charge in [-0.1, -0.05) is 0 Å². The highest BCUT2D eigenvalue weighted by atomic mass is 32.2. The van der Waals surface area contributed by atoms with E-state index in [2.05, 4.69) is 34.6 Å². The molecule has 3 aliphatic heterocycles. The van der Waals surface area contributed by atoms with Gasteiger partial charge in [0.15, 0.2) is 35.3 Å². The fraction of sp³-hybridized carbons (Fsp3) is 0.500. The van der Waals surface area contributed by atoms with E-state index in [4.69, 9.17) is 34.2 Å². The molecule has 3 fully saturated rings. The Bertz CT molecular complexity index is 1860. The van der Waals surface area contributed by atoms with Crippen molar-refractivity contribution in [3.63, 3.8) is 0 Å². The fourth-order valence-corrected chi connectivity index (χ4v) is 7.12. The van der Waals surface area contributed by atoms with Gasteiger partial charge in [-0.3, -0.25) is 22.4 Å². The van der Waals surface area contributed by atoms with Crippen molar-refractivity contribution in [2.75, 3.05) is 24.6 Å². The standard InChI is InChI=1S/C20H23FN11O9PS/c21-12-15-9(39-20(12)32-7-29-14-17(23)25-5-27-19(14)32)2-30-43(35,36)41-8-1-11(38-10(8)3-37-42(33,34)40-15)31-6-28-13-16(22)24-4-26-18(13)31/h4-12,15,20,30H,1-3H2,(H,33,34)(H2,22,24,26)(H2,23,25,27)/t8-,9+,10+,11+,12+,15+,20+/m0/s1. The van der Waals surface area contributed by atoms with Gasteiger partial charge in [-0.2, -0.15) is 13.1 Å². The zero-order chi connectivity index (χ0) is 30.1. The molecule has 4 aromatic rings. The number of fused-ring (bicyclic) bond motifs is 4. The molecule has 1 unspecified atom stereocenters. The number of nitrogen functional groups attached to an aromatic ring is 2. The van der Waals surface area contributed by atoms with E-state index in [0.29, 0.717) is 11.2 Å². The monoisotopic (exact) mass is 643 g/mol. The lowest BCUT2D eigenvalue weighted by Gasteiger charge is -2.25. The van der Waals surface area contributed by atoms with Crippen molar-refractivity contribution in [1.29, 1.82) is 0 Å². The summed E-state index contributed by atoms with van der Waals surface area (Å²) in [5.41, 5.74) is 12.5. The number of nitrogens with two attached hydrogens (primary N) is 2. The molecule has 23 heteroatoms. The lowest BCUT2D eigenvalue weighted by molar-refractivity contribution is -0.0469. The average molecular weight is 644 g/mol. The Morgan fingerprint density at radius 2 is 1.60 bits per heavy atom. The molecule has 7 heterocycles. The van der Waals surface area contributed by atoms with Gasteiger partial charge in [-0.05, 0) is 0 Å². The number of hydrogen-bond donors (Lipinski definition) is 4. The molecule has 20 nitrogen and oxygen atoms in total. The Morgan fingerprint density at radius 1 is 0.953 bits per heavy atom. The van der Waals surface area contributed by atoms with Gasteiger partial charge in [0.05, 0.1) is 19.3 Å². The Balaban J connectivity index is 1.15. The molecule has 0 bridgehead atoms. The number of anilines is 2. The van der Waals surface area contributed by atoms with Gasteiger partial charge < -0.3 is 25.8 Å². The number of nitrogens with one attached hydrogen (secondary N) is 1. The van der Waals surface area contributed by atoms with E-state index >= 15 is 4.39 Å². The summed E-state index contributed by atoms with van der Waals surface area (Å²) < 4.78 is 87.1. The molecule has 230 valence electrons. The number of ether oxygens (including phenoxy) is 2. The smallest absolute Gasteiger partial charge is 0.382 e. The second-order valence-electron chi connectivity index (χ2n) is 9.81. The van der Waals surface area contributed by atoms with Gasteiger partial charge in [-0.25, -0.2) is 38.9 Å². The summed E-state index contributed by atoms with van der Waals surface area (Å²) >= 11 is 0. The Kier molecular flexibility index (Phi) is 6.79. The number of hydrogen-bond acceptors (Lipinski definition) is 16. The third-order valence-electron chi connectivity index (χ3n) is 7.17. The predicted octanol–water partition coefficient (Wildman–Crippen LogP) is -0.911. The molecule has 3 aliphatic rings. The molecule has 0 spiro atoms. The minimum Gasteiger partial charge on any atom is -0.382 e. The maximum Gasteiger partial charge on any atom is 0.472 e. The van der Waals surface area contributed by atoms with Crippen molar-refractivity contribution < 1.29 is 45.0 Å². The molecule has 0 saturated carbocycles. The van der Waals surface area contributed by atoms with E-state index in [9.17, 15) is 17.9 Å². The number of aromatic nitrogens is 8. The number of halogens is 1. The highest BCUT2D eigenvalue weighted by Crippen LogP contribution is 2.50. The van der Waals surface area contributed by atoms with Crippen LogP contribution < -0.4 is 16.2 Å². The van der Waals surface area contributed by atoms with E-state index in [1.807, 2.05) is 0 Å². The van der Waals surface area contributed by atoms with Crippen LogP contribution in [0.15, 0.2) is 25.3 Å². The molecule has 6 N–H and O–H groups in total. The second kappa shape index (κ2) is 10.3. The summed E-state index contributed by atoms with van der Waals surface area (Å²) in [5, 5.41) is 0. The number of phosphoric acid groups is 1. The van der Waals surface area contributed by atoms with Crippen molar-refractivity contribution in [3.05, 3.63) is 25.3 Å². The van der Waals surface area contributed by atoms with Crippen molar-refractivity contribution in [2.24, 2.45) is 0 Å². The van der Waals surface area contributed by atoms with Crippen LogP contribution in [0.5, 0.6) is 0 Å². The van der Waals surface area contributed by atoms with Gasteiger partial charge in [0.2, 0.25) is 0 Å². The largest absolute Gasteiger partial charge is 0.472 e. The minimum atomic E-state index is -4.97. The molecule has 43 heavy (non-hydrogen) atoms. The first-order valence-electron chi connectivity index (χ1n) is 12.6. The third kappa shape index (κ3) is 5.09. The van der Waals surface area contributed by atoms with E-state index < -0.39 is 74.3 Å². The van der Waals surface area contributed by atoms with Crippen LogP contribution in [-0.2, 0) is 37.6 Å². The van der Waals surface area contributed by atoms with Gasteiger partial charge >= 0.3 is 18.1 Å². The number of phosphoric ester groups is 1. The van der Waals surface area contributed by atoms with Crippen LogP contribution in [0.3, 0.4) is 0 Å². The SMILES string of the molecule is Nc1ncnc2c1ncn2[C@@H]1O[C@@H]2CNS(=O)(=O)O[C@H]3C[C@H](n4cnc5c(N)ncnc54)O[C@@H]3COP(=O)(O)O[C@H]2[C@H]1F. The predicted molar refractivity (Wildman–Crippen MR) is 139 cm³/mol. The van der Waals surface area contributed by atoms with Crippen LogP contribution in [0, 0.1) is 0 Å². The van der Waals surface area contributed by atoms with Crippen LogP contribution in [0.25, 0.3) is 22.3 Å². The van der Waals surface area contributed by atoms with Crippen LogP contribution in [0.4, 0.5) is 16.0 Å². The average Bonchev–Trinajstić information content (AvgIpc) is 3.72. The fourth-order valence-electron chi connectivity index (χ4n) is 5.20. The Hall–Kier alpha value is -3.47. The first kappa shape index (κ1) is 28.3. The summed E-state index contributed by atoms with van der Waals surface area (Å²) in [6.45, 7) is -1.26. The minimum absolute atomic E-state index is 0.0340. The van der Waals surface area contributed by atoms with Crippen molar-refractivity contribution in [3.8, 4) is 0 Å². The molecular formula is C20H23FN11O9PS. The molecule has 0 aliphatic carbocycles. The third-order valence-corrected chi connectivity index (χ3v) is 9.18. The van der Waals surface area contributed by atoms with Gasteiger partial charge in [0.1, 0.15) is 54.3 Å². The van der Waals surface area contributed by atoms with Gasteiger partial charge in [0, 0.05) is 13.0 Å². The summed E-state index contributed by atoms with van der Waals surface area (Å²) in [5.74, 6) is 0.157. The molecule has 3 saturated heterocycles. The van der Waals surface area contributed by atoms with Crippen molar-refractivity contribution in [1.82, 2.24) is 43.8 Å². The van der Waals surface area contributed by atoms with E-state index in [-0.39, 0.29) is 29.2 Å². The number of imidazole rings is 2. The summed E-state index contributed by atoms with van der Waals surface area (Å²) in [7, 11) is -9.48. The maximum absolute atomic E-state index is 15.8. The van der Waals surface area contributed by atoms with Crippen LogP contribution in [0.2, 0.25) is 0 Å². The van der Waals surface area contributed by atoms with Gasteiger partial charge in [0.25, 0.3) is 0 Å². The van der Waals surface area contributed by atoms with Crippen LogP contribution in [0.1, 0.15) is 18.9 Å². The molecule has 4 aromatic heterocycles. The molecule has 0 amide bonds. The van der Waals surface area contributed by atoms with E-state index in [1.165, 1.54) is 28.1 Å². The van der Waals surface area contributed by atoms with Crippen LogP contribution in [-0.4, -0.2) is 96.1 Å². The van der Waals surface area contributed by atoms with E-state index in [1.54, 1.807) is 0 Å². The lowest BCUT2D eigenvalue weighted by atomic mass is 10.1. The topological polar surface area (TPSA) is 269 Å². The Labute approximate surface area is 240 Å². The molecule has 0 aromatic carbocycles. The summed E-state index contributed by atoms with van der Waals surface area (Å²) in [6, 6.07) is 0.